The van der Waals surface area contributed by atoms with Gasteiger partial charge in [-0.05, 0) is 57.6 Å². The zero-order valence-corrected chi connectivity index (χ0v) is 22.2. The van der Waals surface area contributed by atoms with Crippen LogP contribution in [0, 0.1) is 11.8 Å². The van der Waals surface area contributed by atoms with Crippen LogP contribution in [-0.4, -0.2) is 0 Å². The minimum absolute atomic E-state index is 0.388. The molecular weight excluding hydrogens is 469 g/mol. The molecule has 2 N–H and O–H groups in total. The van der Waals surface area contributed by atoms with E-state index in [-0.39, 0.29) is 0 Å². The van der Waals surface area contributed by atoms with Crippen molar-refractivity contribution in [2.75, 3.05) is 10.6 Å². The minimum Gasteiger partial charge on any atom is -0.354 e. The van der Waals surface area contributed by atoms with Crippen molar-refractivity contribution in [3.63, 3.8) is 0 Å². The van der Waals surface area contributed by atoms with Crippen LogP contribution in [0.15, 0.2) is 45.8 Å². The highest BCUT2D eigenvalue weighted by atomic mass is 32.1. The number of rotatable bonds is 4. The van der Waals surface area contributed by atoms with Crippen molar-refractivity contribution in [1.82, 2.24) is 0 Å². The Bertz CT molecular complexity index is 1010. The number of hydrogen-bond acceptors (Lipinski definition) is 6. The average molecular weight is 499 g/mol. The lowest BCUT2D eigenvalue weighted by Crippen LogP contribution is -2.14. The van der Waals surface area contributed by atoms with Crippen LogP contribution in [0.3, 0.4) is 0 Å². The largest absolute Gasteiger partial charge is 0.354 e. The van der Waals surface area contributed by atoms with E-state index in [1.807, 2.05) is 45.3 Å². The fourth-order valence-electron chi connectivity index (χ4n) is 4.69. The van der Waals surface area contributed by atoms with Crippen LogP contribution >= 0.6 is 45.3 Å². The van der Waals surface area contributed by atoms with Gasteiger partial charge in [0.2, 0.25) is 0 Å². The summed E-state index contributed by atoms with van der Waals surface area (Å²) in [6.07, 6.45) is 2.31. The molecule has 4 aromatic rings. The van der Waals surface area contributed by atoms with Crippen LogP contribution in [0.2, 0.25) is 0 Å². The molecule has 2 nitrogen and oxygen atoms in total. The van der Waals surface area contributed by atoms with E-state index in [0.29, 0.717) is 23.7 Å². The van der Waals surface area contributed by atoms with Gasteiger partial charge in [0.25, 0.3) is 0 Å². The van der Waals surface area contributed by atoms with Crippen LogP contribution < -0.4 is 10.6 Å². The zero-order valence-electron chi connectivity index (χ0n) is 19.0. The van der Waals surface area contributed by atoms with Gasteiger partial charge in [-0.15, -0.1) is 45.3 Å². The molecule has 1 aliphatic rings. The number of nitrogens with one attached hydrogen (secondary N) is 2. The quantitative estimate of drug-likeness (QED) is 0.292. The van der Waals surface area contributed by atoms with Crippen molar-refractivity contribution >= 4 is 68.1 Å². The number of anilines is 4. The Morgan fingerprint density at radius 2 is 0.875 bits per heavy atom. The molecule has 4 aromatic heterocycles. The van der Waals surface area contributed by atoms with Crippen molar-refractivity contribution in [2.45, 2.75) is 52.4 Å². The Hall–Kier alpha value is -1.60. The molecule has 2 unspecified atom stereocenters. The first-order valence-electron chi connectivity index (χ1n) is 11.5. The van der Waals surface area contributed by atoms with E-state index in [4.69, 9.17) is 0 Å². The van der Waals surface area contributed by atoms with Gasteiger partial charge < -0.3 is 10.6 Å². The van der Waals surface area contributed by atoms with E-state index in [0.717, 1.165) is 12.8 Å². The Morgan fingerprint density at radius 1 is 0.594 bits per heavy atom. The Balaban J connectivity index is 1.74. The van der Waals surface area contributed by atoms with Gasteiger partial charge in [0, 0.05) is 31.3 Å². The summed E-state index contributed by atoms with van der Waals surface area (Å²) in [5, 5.41) is 16.8. The molecule has 0 aliphatic carbocycles. The van der Waals surface area contributed by atoms with Crippen LogP contribution in [0.5, 0.6) is 0 Å². The summed E-state index contributed by atoms with van der Waals surface area (Å²) in [7, 11) is 0. The van der Waals surface area contributed by atoms with Crippen LogP contribution in [0.4, 0.5) is 22.7 Å². The monoisotopic (exact) mass is 498 g/mol. The molecule has 5 heterocycles. The fourth-order valence-corrected chi connectivity index (χ4v) is 9.22. The van der Waals surface area contributed by atoms with Crippen molar-refractivity contribution < 1.29 is 0 Å². The first-order valence-corrected chi connectivity index (χ1v) is 15.0. The Morgan fingerprint density at radius 3 is 1.12 bits per heavy atom. The highest BCUT2D eigenvalue weighted by molar-refractivity contribution is 7.13. The summed E-state index contributed by atoms with van der Waals surface area (Å²) in [4.78, 5) is 5.81. The molecule has 168 valence electrons. The topological polar surface area (TPSA) is 24.1 Å². The number of hydrogen-bond donors (Lipinski definition) is 2. The molecule has 0 spiro atoms. The van der Waals surface area contributed by atoms with E-state index in [1.54, 1.807) is 0 Å². The van der Waals surface area contributed by atoms with Gasteiger partial charge in [0.1, 0.15) is 0 Å². The first kappa shape index (κ1) is 22.2. The number of thiophene rings is 4. The lowest BCUT2D eigenvalue weighted by molar-refractivity contribution is 0.506. The van der Waals surface area contributed by atoms with Gasteiger partial charge in [-0.1, -0.05) is 40.5 Å². The van der Waals surface area contributed by atoms with Crippen molar-refractivity contribution in [3.05, 3.63) is 65.3 Å². The standard InChI is InChI=1S/C26H30N2S4/c1-5-15(3)21-23-17(7-11-29-23)27-19-9-13-31-25(19)22(16(4)6-2)26-20(10-14-32-26)28-18-8-12-30-24(18)21/h7-16,21-22,27-28H,5-6H2,1-4H3. The molecule has 0 fully saturated rings. The molecule has 6 heteroatoms. The highest BCUT2D eigenvalue weighted by Gasteiger charge is 2.32. The Labute approximate surface area is 207 Å². The van der Waals surface area contributed by atoms with Gasteiger partial charge in [-0.25, -0.2) is 0 Å². The normalized spacial score (nSPS) is 19.8. The predicted molar refractivity (Wildman–Crippen MR) is 146 cm³/mol. The van der Waals surface area contributed by atoms with Gasteiger partial charge >= 0.3 is 0 Å². The maximum atomic E-state index is 3.89. The lowest BCUT2D eigenvalue weighted by Gasteiger charge is -2.28. The summed E-state index contributed by atoms with van der Waals surface area (Å²) < 4.78 is 0. The van der Waals surface area contributed by atoms with Gasteiger partial charge in [0.05, 0.1) is 22.7 Å². The van der Waals surface area contributed by atoms with Crippen molar-refractivity contribution in [1.29, 1.82) is 0 Å². The molecule has 1 aliphatic heterocycles. The predicted octanol–water partition coefficient (Wildman–Crippen LogP) is 10.1. The average Bonchev–Trinajstić information content (AvgIpc) is 3.59. The summed E-state index contributed by atoms with van der Waals surface area (Å²) in [6.45, 7) is 9.42. The second kappa shape index (κ2) is 9.34. The zero-order chi connectivity index (χ0) is 22.2. The first-order chi connectivity index (χ1) is 15.6. The Kier molecular flexibility index (Phi) is 6.48. The SMILES string of the molecule is CCC(C)C1c2sccc2Nc2ccsc2C(C(C)CC)c2sccc2Nc2ccsc21. The molecule has 2 atom stereocenters. The third-order valence-electron chi connectivity index (χ3n) is 6.88. The maximum Gasteiger partial charge on any atom is 0.0532 e. The minimum atomic E-state index is 0.388. The molecule has 0 radical (unpaired) electrons. The van der Waals surface area contributed by atoms with E-state index in [9.17, 15) is 0 Å². The molecule has 5 rings (SSSR count). The third kappa shape index (κ3) is 3.85. The van der Waals surface area contributed by atoms with E-state index in [1.165, 1.54) is 42.3 Å². The van der Waals surface area contributed by atoms with Crippen molar-refractivity contribution in [2.24, 2.45) is 11.8 Å². The van der Waals surface area contributed by atoms with Gasteiger partial charge in [-0.2, -0.15) is 0 Å². The smallest absolute Gasteiger partial charge is 0.0532 e. The third-order valence-corrected chi connectivity index (χ3v) is 10.9. The molecule has 0 saturated carbocycles. The molecule has 0 aromatic carbocycles. The second-order valence-corrected chi connectivity index (χ2v) is 12.6. The maximum absolute atomic E-state index is 3.89. The van der Waals surface area contributed by atoms with Crippen LogP contribution in [-0.2, 0) is 0 Å². The second-order valence-electron chi connectivity index (χ2n) is 8.77. The van der Waals surface area contributed by atoms with E-state index < -0.39 is 0 Å². The van der Waals surface area contributed by atoms with E-state index >= 15 is 0 Å². The lowest BCUT2D eigenvalue weighted by atomic mass is 9.86. The molecular formula is C26H30N2S4. The number of fused-ring (bicyclic) bond motifs is 4. The van der Waals surface area contributed by atoms with Gasteiger partial charge in [0.15, 0.2) is 0 Å². The summed E-state index contributed by atoms with van der Waals surface area (Å²) in [5.74, 6) is 1.90. The summed E-state index contributed by atoms with van der Waals surface area (Å²) in [5.41, 5.74) is 5.09. The van der Waals surface area contributed by atoms with E-state index in [2.05, 4.69) is 84.1 Å². The summed E-state index contributed by atoms with van der Waals surface area (Å²) >= 11 is 7.57. The van der Waals surface area contributed by atoms with Crippen LogP contribution in [0.1, 0.15) is 71.9 Å². The molecule has 0 bridgehead atoms. The summed E-state index contributed by atoms with van der Waals surface area (Å²) in [6, 6.07) is 9.10. The van der Waals surface area contributed by atoms with Crippen molar-refractivity contribution in [3.8, 4) is 0 Å². The van der Waals surface area contributed by atoms with Gasteiger partial charge in [-0.3, -0.25) is 0 Å². The van der Waals surface area contributed by atoms with Crippen LogP contribution in [0.25, 0.3) is 0 Å². The molecule has 0 saturated heterocycles. The fraction of sp³-hybridized carbons (Fsp3) is 0.385. The molecule has 32 heavy (non-hydrogen) atoms. The molecule has 0 amide bonds. The highest BCUT2D eigenvalue weighted by Crippen LogP contribution is 2.51.